The minimum atomic E-state index is -0.323. The van der Waals surface area contributed by atoms with Gasteiger partial charge in [-0.3, -0.25) is 10.2 Å². The smallest absolute Gasteiger partial charge is 0.259 e. The molecule has 0 saturated heterocycles. The second-order valence-electron chi connectivity index (χ2n) is 6.05. The second-order valence-corrected chi connectivity index (χ2v) is 6.46. The van der Waals surface area contributed by atoms with Gasteiger partial charge in [-0.15, -0.1) is 0 Å². The van der Waals surface area contributed by atoms with Crippen LogP contribution in [0.5, 0.6) is 11.5 Å². The lowest BCUT2D eigenvalue weighted by molar-refractivity contribution is -0.130. The highest BCUT2D eigenvalue weighted by Gasteiger charge is 2.10. The monoisotopic (exact) mass is 418 g/mol. The Hall–Kier alpha value is -3.20. The van der Waals surface area contributed by atoms with Crippen LogP contribution in [-0.4, -0.2) is 49.4 Å². The summed E-state index contributed by atoms with van der Waals surface area (Å²) in [7, 11) is 3.33. The van der Waals surface area contributed by atoms with Crippen molar-refractivity contribution in [2.75, 3.05) is 32.6 Å². The molecule has 0 aliphatic heterocycles. The van der Waals surface area contributed by atoms with Crippen LogP contribution >= 0.6 is 12.2 Å². The number of hydrazone groups is 1. The van der Waals surface area contributed by atoms with E-state index < -0.39 is 0 Å². The van der Waals surface area contributed by atoms with Gasteiger partial charge in [-0.25, -0.2) is 4.39 Å². The first-order chi connectivity index (χ1) is 13.9. The Labute approximate surface area is 174 Å². The van der Waals surface area contributed by atoms with Crippen molar-refractivity contribution in [2.24, 2.45) is 5.10 Å². The molecule has 2 aromatic rings. The molecule has 0 atom stereocenters. The molecule has 0 radical (unpaired) electrons. The predicted molar refractivity (Wildman–Crippen MR) is 115 cm³/mol. The molecule has 0 saturated carbocycles. The highest BCUT2D eigenvalue weighted by Crippen LogP contribution is 2.28. The number of nitrogens with one attached hydrogen (secondary N) is 2. The number of ether oxygens (including phenoxy) is 2. The standard InChI is InChI=1S/C20H23FN4O3S/c1-4-27-18-11-14(5-10-17(18)28-13-19(26)25(2)3)12-22-24-20(29)23-16-8-6-15(21)7-9-16/h5-12H,4,13H2,1-3H3,(H2,23,24,29)/b22-12-. The Kier molecular flexibility index (Phi) is 8.35. The Bertz CT molecular complexity index is 873. The van der Waals surface area contributed by atoms with Crippen molar-refractivity contribution in [3.8, 4) is 11.5 Å². The molecule has 2 aromatic carbocycles. The minimum absolute atomic E-state index is 0.0780. The summed E-state index contributed by atoms with van der Waals surface area (Å²) >= 11 is 5.14. The third kappa shape index (κ3) is 7.38. The maximum Gasteiger partial charge on any atom is 0.259 e. The first kappa shape index (κ1) is 22.1. The normalized spacial score (nSPS) is 10.5. The van der Waals surface area contributed by atoms with Crippen molar-refractivity contribution >= 4 is 35.1 Å². The van der Waals surface area contributed by atoms with E-state index in [1.807, 2.05) is 6.92 Å². The van der Waals surface area contributed by atoms with Gasteiger partial charge in [0.15, 0.2) is 23.2 Å². The van der Waals surface area contributed by atoms with Crippen LogP contribution in [0.15, 0.2) is 47.6 Å². The molecule has 2 rings (SSSR count). The zero-order valence-corrected chi connectivity index (χ0v) is 17.3. The van der Waals surface area contributed by atoms with E-state index in [1.165, 1.54) is 17.0 Å². The fourth-order valence-electron chi connectivity index (χ4n) is 2.12. The topological polar surface area (TPSA) is 75.2 Å². The largest absolute Gasteiger partial charge is 0.490 e. The lowest BCUT2D eigenvalue weighted by atomic mass is 10.2. The van der Waals surface area contributed by atoms with E-state index in [4.69, 9.17) is 21.7 Å². The molecule has 9 heteroatoms. The molecule has 0 heterocycles. The number of amides is 1. The average molecular weight is 418 g/mol. The maximum atomic E-state index is 12.9. The molecule has 0 fully saturated rings. The van der Waals surface area contributed by atoms with Crippen LogP contribution in [-0.2, 0) is 4.79 Å². The van der Waals surface area contributed by atoms with E-state index in [0.717, 1.165) is 5.56 Å². The second kappa shape index (κ2) is 11.0. The van der Waals surface area contributed by atoms with Gasteiger partial charge in [0.2, 0.25) is 0 Å². The number of halogens is 1. The summed E-state index contributed by atoms with van der Waals surface area (Å²) in [6.07, 6.45) is 1.57. The molecule has 29 heavy (non-hydrogen) atoms. The summed E-state index contributed by atoms with van der Waals surface area (Å²) < 4.78 is 24.1. The first-order valence-electron chi connectivity index (χ1n) is 8.84. The number of likely N-dealkylation sites (N-methyl/N-ethyl adjacent to an activating group) is 1. The van der Waals surface area contributed by atoms with Crippen molar-refractivity contribution in [2.45, 2.75) is 6.92 Å². The summed E-state index contributed by atoms with van der Waals surface area (Å²) in [6.45, 7) is 2.23. The van der Waals surface area contributed by atoms with Gasteiger partial charge in [0, 0.05) is 19.8 Å². The van der Waals surface area contributed by atoms with Crippen molar-refractivity contribution in [3.05, 3.63) is 53.8 Å². The highest BCUT2D eigenvalue weighted by atomic mass is 32.1. The van der Waals surface area contributed by atoms with Crippen LogP contribution in [0.4, 0.5) is 10.1 Å². The van der Waals surface area contributed by atoms with Gasteiger partial charge in [0.1, 0.15) is 5.82 Å². The Morgan fingerprint density at radius 3 is 2.55 bits per heavy atom. The van der Waals surface area contributed by atoms with Crippen LogP contribution < -0.4 is 20.2 Å². The minimum Gasteiger partial charge on any atom is -0.490 e. The Balaban J connectivity index is 1.96. The molecule has 7 nitrogen and oxygen atoms in total. The van der Waals surface area contributed by atoms with E-state index >= 15 is 0 Å². The van der Waals surface area contributed by atoms with E-state index in [-0.39, 0.29) is 23.4 Å². The number of thiocarbonyl (C=S) groups is 1. The van der Waals surface area contributed by atoms with Gasteiger partial charge >= 0.3 is 0 Å². The quantitative estimate of drug-likeness (QED) is 0.390. The molecule has 0 unspecified atom stereocenters. The number of nitrogens with zero attached hydrogens (tertiary/aromatic N) is 2. The number of carbonyl (C=O) groups is 1. The molecule has 0 aliphatic rings. The van der Waals surface area contributed by atoms with Gasteiger partial charge in [0.05, 0.1) is 12.8 Å². The van der Waals surface area contributed by atoms with Crippen molar-refractivity contribution in [1.29, 1.82) is 0 Å². The third-order valence-electron chi connectivity index (χ3n) is 3.60. The number of hydrogen-bond donors (Lipinski definition) is 2. The van der Waals surface area contributed by atoms with E-state index in [2.05, 4.69) is 15.8 Å². The summed E-state index contributed by atoms with van der Waals surface area (Å²) in [6, 6.07) is 11.0. The maximum absolute atomic E-state index is 12.9. The Morgan fingerprint density at radius 1 is 1.17 bits per heavy atom. The number of anilines is 1. The molecule has 0 bridgehead atoms. The van der Waals surface area contributed by atoms with Crippen LogP contribution in [0.2, 0.25) is 0 Å². The van der Waals surface area contributed by atoms with Crippen molar-refractivity contribution in [3.63, 3.8) is 0 Å². The van der Waals surface area contributed by atoms with Gasteiger partial charge in [-0.1, -0.05) is 0 Å². The lowest BCUT2D eigenvalue weighted by Gasteiger charge is -2.14. The fraction of sp³-hybridized carbons (Fsp3) is 0.250. The third-order valence-corrected chi connectivity index (χ3v) is 3.79. The first-order valence-corrected chi connectivity index (χ1v) is 9.25. The molecular formula is C20H23FN4O3S. The summed E-state index contributed by atoms with van der Waals surface area (Å²) in [4.78, 5) is 13.2. The van der Waals surface area contributed by atoms with Gasteiger partial charge in [-0.05, 0) is 67.2 Å². The molecule has 0 spiro atoms. The molecule has 154 valence electrons. The molecule has 0 aromatic heterocycles. The summed E-state index contributed by atoms with van der Waals surface area (Å²) in [5.41, 5.74) is 4.08. The predicted octanol–water partition coefficient (Wildman–Crippen LogP) is 3.01. The molecular weight excluding hydrogens is 395 g/mol. The zero-order valence-electron chi connectivity index (χ0n) is 16.4. The van der Waals surface area contributed by atoms with E-state index in [9.17, 15) is 9.18 Å². The van der Waals surface area contributed by atoms with Crippen molar-refractivity contribution < 1.29 is 18.7 Å². The Morgan fingerprint density at radius 2 is 1.90 bits per heavy atom. The van der Waals surface area contributed by atoms with Gasteiger partial charge in [0.25, 0.3) is 5.91 Å². The number of hydrogen-bond acceptors (Lipinski definition) is 5. The zero-order chi connectivity index (χ0) is 21.2. The molecule has 1 amide bonds. The number of benzene rings is 2. The van der Waals surface area contributed by atoms with Crippen LogP contribution in [0, 0.1) is 5.82 Å². The number of rotatable bonds is 8. The summed E-state index contributed by atoms with van der Waals surface area (Å²) in [5.74, 6) is 0.510. The summed E-state index contributed by atoms with van der Waals surface area (Å²) in [5, 5.41) is 7.23. The van der Waals surface area contributed by atoms with Gasteiger partial charge in [-0.2, -0.15) is 5.10 Å². The van der Waals surface area contributed by atoms with Crippen LogP contribution in [0.3, 0.4) is 0 Å². The van der Waals surface area contributed by atoms with Crippen molar-refractivity contribution in [1.82, 2.24) is 10.3 Å². The van der Waals surface area contributed by atoms with Crippen LogP contribution in [0.25, 0.3) is 0 Å². The van der Waals surface area contributed by atoms with Crippen LogP contribution in [0.1, 0.15) is 12.5 Å². The highest BCUT2D eigenvalue weighted by molar-refractivity contribution is 7.80. The molecule has 0 aliphatic carbocycles. The van der Waals surface area contributed by atoms with Gasteiger partial charge < -0.3 is 19.7 Å². The average Bonchev–Trinajstić information content (AvgIpc) is 2.69. The van der Waals surface area contributed by atoms with E-state index in [0.29, 0.717) is 23.8 Å². The fourth-order valence-corrected chi connectivity index (χ4v) is 2.29. The SMILES string of the molecule is CCOc1cc(/C=N\NC(=S)Nc2ccc(F)cc2)ccc1OCC(=O)N(C)C. The molecule has 2 N–H and O–H groups in total. The van der Waals surface area contributed by atoms with E-state index in [1.54, 1.807) is 50.6 Å². The number of carbonyl (C=O) groups excluding carboxylic acids is 1. The lowest BCUT2D eigenvalue weighted by Crippen LogP contribution is -2.27.